The molecule has 0 saturated carbocycles. The van der Waals surface area contributed by atoms with E-state index in [1.54, 1.807) is 0 Å². The van der Waals surface area contributed by atoms with Gasteiger partial charge in [-0.3, -0.25) is 4.98 Å². The zero-order valence-electron chi connectivity index (χ0n) is 30.1. The predicted molar refractivity (Wildman–Crippen MR) is 233 cm³/mol. The smallest absolute Gasteiger partial charge is 0.160 e. The molecular weight excluding hydrogens is 703 g/mol. The van der Waals surface area contributed by atoms with Gasteiger partial charge >= 0.3 is 0 Å². The number of hydrogen-bond acceptors (Lipinski definition) is 5. The minimum atomic E-state index is 0.665. The summed E-state index contributed by atoms with van der Waals surface area (Å²) in [4.78, 5) is 14.6. The molecule has 0 atom stereocenters. The molecule has 262 valence electrons. The zero-order chi connectivity index (χ0) is 37.0. The Morgan fingerprint density at radius 3 is 1.91 bits per heavy atom. The normalized spacial score (nSPS) is 11.6. The molecule has 0 amide bonds. The first-order valence-electron chi connectivity index (χ1n) is 18.7. The molecule has 4 nitrogen and oxygen atoms in total. The summed E-state index contributed by atoms with van der Waals surface area (Å²) >= 11 is 1.85. The number of nitrogens with zero attached hydrogens (tertiary/aromatic N) is 3. The zero-order valence-corrected chi connectivity index (χ0v) is 30.9. The van der Waals surface area contributed by atoms with Crippen molar-refractivity contribution in [1.82, 2.24) is 15.0 Å². The van der Waals surface area contributed by atoms with Crippen molar-refractivity contribution in [3.05, 3.63) is 188 Å². The fraction of sp³-hybridized carbons (Fsp3) is 0. The van der Waals surface area contributed by atoms with Crippen LogP contribution in [0.25, 0.3) is 109 Å². The molecule has 5 heteroatoms. The van der Waals surface area contributed by atoms with E-state index in [-0.39, 0.29) is 0 Å². The summed E-state index contributed by atoms with van der Waals surface area (Å²) in [7, 11) is 0. The fourth-order valence-electron chi connectivity index (χ4n) is 8.00. The maximum Gasteiger partial charge on any atom is 0.160 e. The Balaban J connectivity index is 1.05. The van der Waals surface area contributed by atoms with Crippen molar-refractivity contribution in [2.45, 2.75) is 0 Å². The van der Waals surface area contributed by atoms with Crippen molar-refractivity contribution >= 4 is 53.4 Å². The van der Waals surface area contributed by atoms with Crippen LogP contribution in [0.15, 0.2) is 193 Å². The van der Waals surface area contributed by atoms with E-state index in [4.69, 9.17) is 14.4 Å². The second-order valence-electron chi connectivity index (χ2n) is 13.9. The summed E-state index contributed by atoms with van der Waals surface area (Å²) in [6.07, 6.45) is 3.65. The molecule has 11 aromatic rings. The number of furan rings is 1. The van der Waals surface area contributed by atoms with E-state index in [0.717, 1.165) is 72.3 Å². The summed E-state index contributed by atoms with van der Waals surface area (Å²) in [5.74, 6) is 0.665. The average molecular weight is 734 g/mol. The standard InChI is InChI=1S/C51H31N3OS/c1-2-11-34(12-3-1)44-31-45(38-14-5-4-13-36(38)33-27-29-52-30-28-33)54-51(53-44)35-23-21-32(22-24-35)37-25-26-40(48-43-16-6-8-19-46(43)55-49(37)48)42-18-10-17-41-39-15-7-9-20-47(39)56-50(41)42/h1-31H. The van der Waals surface area contributed by atoms with Crippen molar-refractivity contribution in [3.8, 4) is 67.3 Å². The van der Waals surface area contributed by atoms with Gasteiger partial charge in [0.15, 0.2) is 5.82 Å². The molecule has 0 radical (unpaired) electrons. The van der Waals surface area contributed by atoms with Gasteiger partial charge in [0.05, 0.1) is 11.4 Å². The van der Waals surface area contributed by atoms with E-state index in [2.05, 4.69) is 145 Å². The molecule has 0 spiro atoms. The van der Waals surface area contributed by atoms with Crippen LogP contribution in [0.1, 0.15) is 0 Å². The van der Waals surface area contributed by atoms with Crippen LogP contribution in [-0.4, -0.2) is 15.0 Å². The highest BCUT2D eigenvalue weighted by Gasteiger charge is 2.20. The number of para-hydroxylation sites is 1. The van der Waals surface area contributed by atoms with Gasteiger partial charge in [-0.25, -0.2) is 9.97 Å². The van der Waals surface area contributed by atoms with Crippen molar-refractivity contribution in [1.29, 1.82) is 0 Å². The summed E-state index contributed by atoms with van der Waals surface area (Å²) in [5, 5.41) is 4.82. The van der Waals surface area contributed by atoms with Gasteiger partial charge in [0.1, 0.15) is 11.2 Å². The van der Waals surface area contributed by atoms with Crippen molar-refractivity contribution in [2.75, 3.05) is 0 Å². The number of fused-ring (bicyclic) bond motifs is 6. The second kappa shape index (κ2) is 13.3. The van der Waals surface area contributed by atoms with Gasteiger partial charge in [-0.15, -0.1) is 11.3 Å². The maximum absolute atomic E-state index is 6.74. The Kier molecular flexibility index (Phi) is 7.64. The Labute approximate surface area is 327 Å². The molecule has 7 aromatic carbocycles. The minimum Gasteiger partial charge on any atom is -0.455 e. The highest BCUT2D eigenvalue weighted by atomic mass is 32.1. The van der Waals surface area contributed by atoms with Crippen LogP contribution in [0.2, 0.25) is 0 Å². The molecule has 0 aliphatic rings. The van der Waals surface area contributed by atoms with Gasteiger partial charge in [0.25, 0.3) is 0 Å². The van der Waals surface area contributed by atoms with Gasteiger partial charge in [-0.1, -0.05) is 140 Å². The van der Waals surface area contributed by atoms with Gasteiger partial charge in [-0.2, -0.15) is 0 Å². The molecule has 11 rings (SSSR count). The second-order valence-corrected chi connectivity index (χ2v) is 15.0. The molecule has 4 aromatic heterocycles. The first kappa shape index (κ1) is 32.2. The van der Waals surface area contributed by atoms with Gasteiger partial charge in [0, 0.05) is 71.2 Å². The monoisotopic (exact) mass is 733 g/mol. The van der Waals surface area contributed by atoms with E-state index in [9.17, 15) is 0 Å². The molecule has 0 fully saturated rings. The lowest BCUT2D eigenvalue weighted by Gasteiger charge is -2.13. The number of thiophene rings is 1. The molecule has 56 heavy (non-hydrogen) atoms. The predicted octanol–water partition coefficient (Wildman–Crippen LogP) is 14.1. The van der Waals surface area contributed by atoms with E-state index >= 15 is 0 Å². The lowest BCUT2D eigenvalue weighted by molar-refractivity contribution is 0.670. The first-order valence-corrected chi connectivity index (χ1v) is 19.5. The van der Waals surface area contributed by atoms with Gasteiger partial charge in [0.2, 0.25) is 0 Å². The topological polar surface area (TPSA) is 51.8 Å². The van der Waals surface area contributed by atoms with Crippen molar-refractivity contribution < 1.29 is 4.42 Å². The van der Waals surface area contributed by atoms with E-state index in [1.807, 2.05) is 60.1 Å². The summed E-state index contributed by atoms with van der Waals surface area (Å²) in [6, 6.07) is 61.6. The van der Waals surface area contributed by atoms with Gasteiger partial charge in [-0.05, 0) is 58.7 Å². The molecule has 0 aliphatic carbocycles. The van der Waals surface area contributed by atoms with Crippen LogP contribution in [0.3, 0.4) is 0 Å². The third kappa shape index (κ3) is 5.40. The number of aromatic nitrogens is 3. The molecule has 0 aliphatic heterocycles. The minimum absolute atomic E-state index is 0.665. The van der Waals surface area contributed by atoms with Gasteiger partial charge < -0.3 is 4.42 Å². The SMILES string of the molecule is c1ccc(-c2cc(-c3ccccc3-c3ccncc3)nc(-c3ccc(-c4ccc(-c5cccc6c5sc5ccccc56)c5c4oc4ccccc45)cc3)n2)cc1. The van der Waals surface area contributed by atoms with E-state index < -0.39 is 0 Å². The first-order chi connectivity index (χ1) is 27.8. The lowest BCUT2D eigenvalue weighted by atomic mass is 9.93. The quantitative estimate of drug-likeness (QED) is 0.171. The summed E-state index contributed by atoms with van der Waals surface area (Å²) < 4.78 is 9.32. The fourth-order valence-corrected chi connectivity index (χ4v) is 9.23. The van der Waals surface area contributed by atoms with Crippen LogP contribution < -0.4 is 0 Å². The molecular formula is C51H31N3OS. The van der Waals surface area contributed by atoms with E-state index in [1.165, 1.54) is 31.3 Å². The Hall–Kier alpha value is -7.21. The average Bonchev–Trinajstić information content (AvgIpc) is 3.86. The number of hydrogen-bond donors (Lipinski definition) is 0. The van der Waals surface area contributed by atoms with Crippen LogP contribution >= 0.6 is 11.3 Å². The number of pyridine rings is 1. The molecule has 0 unspecified atom stereocenters. The Morgan fingerprint density at radius 1 is 0.411 bits per heavy atom. The Bertz CT molecular complexity index is 3240. The van der Waals surface area contributed by atoms with Crippen molar-refractivity contribution in [2.24, 2.45) is 0 Å². The van der Waals surface area contributed by atoms with Crippen LogP contribution in [-0.2, 0) is 0 Å². The number of benzene rings is 7. The molecule has 0 N–H and O–H groups in total. The van der Waals surface area contributed by atoms with Crippen molar-refractivity contribution in [3.63, 3.8) is 0 Å². The summed E-state index contributed by atoms with van der Waals surface area (Å²) in [5.41, 5.74) is 13.2. The maximum atomic E-state index is 6.74. The third-order valence-corrected chi connectivity index (χ3v) is 11.9. The lowest BCUT2D eigenvalue weighted by Crippen LogP contribution is -1.97. The molecule has 4 heterocycles. The Morgan fingerprint density at radius 2 is 1.05 bits per heavy atom. The van der Waals surface area contributed by atoms with Crippen LogP contribution in [0.4, 0.5) is 0 Å². The van der Waals surface area contributed by atoms with Crippen LogP contribution in [0, 0.1) is 0 Å². The van der Waals surface area contributed by atoms with E-state index in [0.29, 0.717) is 5.82 Å². The molecule has 0 saturated heterocycles. The molecule has 0 bridgehead atoms. The highest BCUT2D eigenvalue weighted by Crippen LogP contribution is 2.46. The largest absolute Gasteiger partial charge is 0.455 e. The summed E-state index contributed by atoms with van der Waals surface area (Å²) in [6.45, 7) is 0. The third-order valence-electron chi connectivity index (χ3n) is 10.7. The number of rotatable bonds is 6. The highest BCUT2D eigenvalue weighted by molar-refractivity contribution is 7.26. The van der Waals surface area contributed by atoms with Crippen LogP contribution in [0.5, 0.6) is 0 Å².